The van der Waals surface area contributed by atoms with Crippen LogP contribution in [0.25, 0.3) is 10.9 Å². The number of hydrogen-bond donors (Lipinski definition) is 3. The average molecular weight is 482 g/mol. The monoisotopic (exact) mass is 481 g/mol. The van der Waals surface area contributed by atoms with Crippen molar-refractivity contribution in [2.24, 2.45) is 5.73 Å². The van der Waals surface area contributed by atoms with Crippen molar-refractivity contribution in [3.05, 3.63) is 65.4 Å². The highest BCUT2D eigenvalue weighted by Gasteiger charge is 2.28. The van der Waals surface area contributed by atoms with Crippen LogP contribution in [0.15, 0.2) is 48.5 Å². The predicted octanol–water partition coefficient (Wildman–Crippen LogP) is 3.65. The number of amides is 2. The van der Waals surface area contributed by atoms with Gasteiger partial charge in [0.05, 0.1) is 36.0 Å². The molecule has 0 saturated heterocycles. The summed E-state index contributed by atoms with van der Waals surface area (Å²) in [5.74, 6) is -0.320. The Bertz CT molecular complexity index is 1120. The normalized spacial score (nSPS) is 12.4. The first-order valence-corrected chi connectivity index (χ1v) is 11.8. The molecule has 188 valence electrons. The molecule has 0 aliphatic heterocycles. The fourth-order valence-corrected chi connectivity index (χ4v) is 3.66. The van der Waals surface area contributed by atoms with Gasteiger partial charge >= 0.3 is 6.09 Å². The largest absolute Gasteiger partial charge is 0.445 e. The minimum atomic E-state index is -1.07. The zero-order valence-electron chi connectivity index (χ0n) is 20.8. The molecule has 0 saturated carbocycles. The lowest BCUT2D eigenvalue weighted by molar-refractivity contribution is -0.126. The highest BCUT2D eigenvalue weighted by molar-refractivity contribution is 5.88. The lowest BCUT2D eigenvalue weighted by Crippen LogP contribution is -2.50. The van der Waals surface area contributed by atoms with Gasteiger partial charge in [0.15, 0.2) is 0 Å². The van der Waals surface area contributed by atoms with Crippen LogP contribution in [0.2, 0.25) is 0 Å². The third-order valence-electron chi connectivity index (χ3n) is 5.70. The van der Waals surface area contributed by atoms with Gasteiger partial charge in [-0.1, -0.05) is 42.5 Å². The SMILES string of the molecule is CCN(CC)C(=O)OCc1cccc2n[nH]c([C@@H](COCc3ccccc3)NC(=O)C(C)(C)N)c12. The van der Waals surface area contributed by atoms with E-state index in [0.717, 1.165) is 16.5 Å². The van der Waals surface area contributed by atoms with Crippen molar-refractivity contribution in [1.82, 2.24) is 20.4 Å². The molecule has 35 heavy (non-hydrogen) atoms. The Morgan fingerprint density at radius 3 is 2.46 bits per heavy atom. The van der Waals surface area contributed by atoms with Crippen LogP contribution < -0.4 is 11.1 Å². The molecular weight excluding hydrogens is 446 g/mol. The summed E-state index contributed by atoms with van der Waals surface area (Å²) in [4.78, 5) is 26.8. The van der Waals surface area contributed by atoms with Gasteiger partial charge in [-0.3, -0.25) is 9.89 Å². The third-order valence-corrected chi connectivity index (χ3v) is 5.70. The minimum absolute atomic E-state index is 0.0765. The molecule has 4 N–H and O–H groups in total. The number of aromatic nitrogens is 2. The quantitative estimate of drug-likeness (QED) is 0.384. The molecule has 2 amide bonds. The summed E-state index contributed by atoms with van der Waals surface area (Å²) in [7, 11) is 0. The van der Waals surface area contributed by atoms with Crippen molar-refractivity contribution < 1.29 is 19.1 Å². The molecule has 9 nitrogen and oxygen atoms in total. The van der Waals surface area contributed by atoms with Crippen LogP contribution >= 0.6 is 0 Å². The number of nitrogens with two attached hydrogens (primary N) is 1. The Balaban J connectivity index is 1.87. The van der Waals surface area contributed by atoms with Gasteiger partial charge in [0, 0.05) is 24.0 Å². The van der Waals surface area contributed by atoms with E-state index in [-0.39, 0.29) is 25.2 Å². The molecule has 0 unspecified atom stereocenters. The first kappa shape index (κ1) is 26.2. The molecule has 2 aromatic carbocycles. The van der Waals surface area contributed by atoms with Crippen molar-refractivity contribution in [3.8, 4) is 0 Å². The molecule has 3 aromatic rings. The first-order chi connectivity index (χ1) is 16.7. The van der Waals surface area contributed by atoms with Crippen LogP contribution in [0.5, 0.6) is 0 Å². The molecule has 1 aromatic heterocycles. The molecule has 0 aliphatic rings. The fraction of sp³-hybridized carbons (Fsp3) is 0.423. The van der Waals surface area contributed by atoms with E-state index in [1.165, 1.54) is 0 Å². The van der Waals surface area contributed by atoms with E-state index in [2.05, 4.69) is 15.5 Å². The molecule has 0 fully saturated rings. The van der Waals surface area contributed by atoms with E-state index in [4.69, 9.17) is 15.2 Å². The lowest BCUT2D eigenvalue weighted by atomic mass is 10.0. The summed E-state index contributed by atoms with van der Waals surface area (Å²) in [5.41, 5.74) is 8.13. The number of nitrogens with one attached hydrogen (secondary N) is 2. The number of aromatic amines is 1. The van der Waals surface area contributed by atoms with Crippen LogP contribution in [0.3, 0.4) is 0 Å². The Hall–Kier alpha value is -3.43. The zero-order valence-corrected chi connectivity index (χ0v) is 20.8. The summed E-state index contributed by atoms with van der Waals surface area (Å²) in [6, 6.07) is 14.9. The summed E-state index contributed by atoms with van der Waals surface area (Å²) in [6.07, 6.45) is -0.377. The molecule has 3 rings (SSSR count). The maximum absolute atomic E-state index is 12.8. The number of carbonyl (C=O) groups excluding carboxylic acids is 2. The topological polar surface area (TPSA) is 123 Å². The summed E-state index contributed by atoms with van der Waals surface area (Å²) < 4.78 is 11.5. The number of benzene rings is 2. The maximum Gasteiger partial charge on any atom is 0.410 e. The smallest absolute Gasteiger partial charge is 0.410 e. The molecule has 0 radical (unpaired) electrons. The van der Waals surface area contributed by atoms with Gasteiger partial charge in [-0.05, 0) is 39.3 Å². The molecule has 0 aliphatic carbocycles. The fourth-order valence-electron chi connectivity index (χ4n) is 3.66. The highest BCUT2D eigenvalue weighted by atomic mass is 16.6. The number of carbonyl (C=O) groups is 2. The Kier molecular flexibility index (Phi) is 8.84. The summed E-state index contributed by atoms with van der Waals surface area (Å²) in [5, 5.41) is 11.2. The van der Waals surface area contributed by atoms with Crippen molar-refractivity contribution in [2.75, 3.05) is 19.7 Å². The van der Waals surface area contributed by atoms with Gasteiger partial charge in [0.2, 0.25) is 5.91 Å². The van der Waals surface area contributed by atoms with Crippen LogP contribution in [-0.4, -0.2) is 52.3 Å². The molecule has 0 spiro atoms. The number of H-pyrrole nitrogens is 1. The minimum Gasteiger partial charge on any atom is -0.445 e. The van der Waals surface area contributed by atoms with Gasteiger partial charge in [-0.25, -0.2) is 4.79 Å². The Morgan fingerprint density at radius 2 is 1.80 bits per heavy atom. The molecule has 1 heterocycles. The van der Waals surface area contributed by atoms with Gasteiger partial charge in [-0.2, -0.15) is 5.10 Å². The van der Waals surface area contributed by atoms with Gasteiger partial charge in [0.1, 0.15) is 6.61 Å². The standard InChI is InChI=1S/C26H35N5O4/c1-5-31(6-2)25(33)35-16-19-13-10-14-20-22(19)23(30-29-20)21(28-24(32)26(3,4)27)17-34-15-18-11-8-7-9-12-18/h7-14,21H,5-6,15-17,27H2,1-4H3,(H,28,32)(H,29,30)/t21-/m1/s1. The lowest BCUT2D eigenvalue weighted by Gasteiger charge is -2.24. The van der Waals surface area contributed by atoms with Gasteiger partial charge in [0.25, 0.3) is 0 Å². The Morgan fingerprint density at radius 1 is 1.09 bits per heavy atom. The van der Waals surface area contributed by atoms with E-state index in [0.29, 0.717) is 30.9 Å². The number of nitrogens with zero attached hydrogens (tertiary/aromatic N) is 2. The van der Waals surface area contributed by atoms with Crippen molar-refractivity contribution >= 4 is 22.9 Å². The molecule has 0 bridgehead atoms. The van der Waals surface area contributed by atoms with Crippen LogP contribution in [0.1, 0.15) is 50.6 Å². The van der Waals surface area contributed by atoms with Crippen LogP contribution in [0, 0.1) is 0 Å². The zero-order chi connectivity index (χ0) is 25.4. The Labute approximate surface area is 206 Å². The third kappa shape index (κ3) is 6.80. The average Bonchev–Trinajstić information content (AvgIpc) is 3.27. The van der Waals surface area contributed by atoms with E-state index in [9.17, 15) is 9.59 Å². The van der Waals surface area contributed by atoms with E-state index in [1.54, 1.807) is 18.7 Å². The number of fused-ring (bicyclic) bond motifs is 1. The predicted molar refractivity (Wildman–Crippen MR) is 134 cm³/mol. The second-order valence-corrected chi connectivity index (χ2v) is 8.92. The van der Waals surface area contributed by atoms with E-state index < -0.39 is 11.6 Å². The van der Waals surface area contributed by atoms with Gasteiger partial charge in [-0.15, -0.1) is 0 Å². The van der Waals surface area contributed by atoms with Gasteiger partial charge < -0.3 is 25.4 Å². The van der Waals surface area contributed by atoms with E-state index in [1.807, 2.05) is 62.4 Å². The van der Waals surface area contributed by atoms with E-state index >= 15 is 0 Å². The second kappa shape index (κ2) is 11.8. The van der Waals surface area contributed by atoms with Crippen molar-refractivity contribution in [1.29, 1.82) is 0 Å². The highest BCUT2D eigenvalue weighted by Crippen LogP contribution is 2.27. The van der Waals surface area contributed by atoms with Crippen molar-refractivity contribution in [2.45, 2.75) is 52.5 Å². The maximum atomic E-state index is 12.8. The number of hydrogen-bond acceptors (Lipinski definition) is 6. The molecule has 1 atom stereocenters. The second-order valence-electron chi connectivity index (χ2n) is 8.92. The van der Waals surface area contributed by atoms with Crippen molar-refractivity contribution in [3.63, 3.8) is 0 Å². The molecular formula is C26H35N5O4. The van der Waals surface area contributed by atoms with Crippen LogP contribution in [0.4, 0.5) is 4.79 Å². The number of ether oxygens (including phenoxy) is 2. The summed E-state index contributed by atoms with van der Waals surface area (Å²) >= 11 is 0. The molecule has 9 heteroatoms. The number of rotatable bonds is 11. The first-order valence-electron chi connectivity index (χ1n) is 11.8. The van der Waals surface area contributed by atoms with Crippen LogP contribution in [-0.2, 0) is 27.5 Å². The summed E-state index contributed by atoms with van der Waals surface area (Å²) in [6.45, 7) is 8.90.